The van der Waals surface area contributed by atoms with Crippen LogP contribution in [0.2, 0.25) is 0 Å². The summed E-state index contributed by atoms with van der Waals surface area (Å²) in [6, 6.07) is 13.6. The predicted octanol–water partition coefficient (Wildman–Crippen LogP) is 2.26. The Morgan fingerprint density at radius 3 is 2.28 bits per heavy atom. The van der Waals surface area contributed by atoms with Crippen LogP contribution in [0.1, 0.15) is 12.0 Å². The monoisotopic (exact) mass is 364 g/mol. The number of hydrogen-bond acceptors (Lipinski definition) is 5. The van der Waals surface area contributed by atoms with Crippen molar-refractivity contribution in [2.45, 2.75) is 17.9 Å². The molecule has 0 spiro atoms. The van der Waals surface area contributed by atoms with Crippen molar-refractivity contribution >= 4 is 21.7 Å². The number of carbonyl (C=O) groups is 1. The van der Waals surface area contributed by atoms with Crippen LogP contribution in [0.3, 0.4) is 0 Å². The second-order valence-electron chi connectivity index (χ2n) is 5.19. The quantitative estimate of drug-likeness (QED) is 0.567. The molecular weight excluding hydrogens is 348 g/mol. The number of nitro benzene ring substituents is 1. The number of benzene rings is 2. The number of carboxylic acid groups (broad SMARTS) is 1. The van der Waals surface area contributed by atoms with Crippen LogP contribution in [-0.4, -0.2) is 35.3 Å². The van der Waals surface area contributed by atoms with E-state index < -0.39 is 37.9 Å². The van der Waals surface area contributed by atoms with Crippen molar-refractivity contribution < 1.29 is 23.2 Å². The lowest BCUT2D eigenvalue weighted by atomic mass is 10.2. The van der Waals surface area contributed by atoms with Crippen LogP contribution in [0.5, 0.6) is 0 Å². The largest absolute Gasteiger partial charge is 0.481 e. The Morgan fingerprint density at radius 1 is 1.08 bits per heavy atom. The van der Waals surface area contributed by atoms with E-state index in [-0.39, 0.29) is 13.1 Å². The molecule has 2 aromatic carbocycles. The molecule has 0 aliphatic rings. The van der Waals surface area contributed by atoms with E-state index >= 15 is 0 Å². The highest BCUT2D eigenvalue weighted by molar-refractivity contribution is 7.89. The van der Waals surface area contributed by atoms with Crippen LogP contribution in [0, 0.1) is 10.1 Å². The first-order valence-corrected chi connectivity index (χ1v) is 8.75. The summed E-state index contributed by atoms with van der Waals surface area (Å²) in [5, 5.41) is 20.0. The van der Waals surface area contributed by atoms with Crippen molar-refractivity contribution in [3.8, 4) is 0 Å². The fourth-order valence-electron chi connectivity index (χ4n) is 2.26. The molecule has 0 unspecified atom stereocenters. The summed E-state index contributed by atoms with van der Waals surface area (Å²) in [4.78, 5) is 20.8. The van der Waals surface area contributed by atoms with Gasteiger partial charge >= 0.3 is 5.97 Å². The van der Waals surface area contributed by atoms with Gasteiger partial charge in [-0.1, -0.05) is 42.5 Å². The zero-order valence-corrected chi connectivity index (χ0v) is 13.9. The molecule has 0 fully saturated rings. The standard InChI is InChI=1S/C16H16N2O6S/c19-16(20)10-11-17(12-13-6-2-1-3-7-13)25(23,24)15-9-5-4-8-14(15)18(21)22/h1-9H,10-12H2,(H,19,20). The Hall–Kier alpha value is -2.78. The number of aliphatic carboxylic acids is 1. The first-order valence-electron chi connectivity index (χ1n) is 7.31. The Morgan fingerprint density at radius 2 is 1.68 bits per heavy atom. The van der Waals surface area contributed by atoms with Gasteiger partial charge < -0.3 is 5.11 Å². The molecule has 9 heteroatoms. The molecule has 0 aliphatic carbocycles. The Labute approximate surface area is 144 Å². The normalized spacial score (nSPS) is 11.4. The Balaban J connectivity index is 2.44. The molecule has 0 radical (unpaired) electrons. The average Bonchev–Trinajstić information content (AvgIpc) is 2.59. The van der Waals surface area contributed by atoms with Crippen LogP contribution >= 0.6 is 0 Å². The van der Waals surface area contributed by atoms with E-state index in [1.807, 2.05) is 0 Å². The third-order valence-corrected chi connectivity index (χ3v) is 5.35. The molecular formula is C16H16N2O6S. The summed E-state index contributed by atoms with van der Waals surface area (Å²) < 4.78 is 26.7. The highest BCUT2D eigenvalue weighted by Crippen LogP contribution is 2.27. The van der Waals surface area contributed by atoms with Crippen LogP contribution in [0.4, 0.5) is 5.69 Å². The molecule has 25 heavy (non-hydrogen) atoms. The molecule has 0 atom stereocenters. The lowest BCUT2D eigenvalue weighted by Crippen LogP contribution is -2.33. The number of nitro groups is 1. The summed E-state index contributed by atoms with van der Waals surface area (Å²) >= 11 is 0. The maximum absolute atomic E-state index is 12.9. The Kier molecular flexibility index (Phi) is 5.84. The van der Waals surface area contributed by atoms with Gasteiger partial charge in [0.1, 0.15) is 0 Å². The van der Waals surface area contributed by atoms with Gasteiger partial charge in [-0.2, -0.15) is 4.31 Å². The van der Waals surface area contributed by atoms with Crippen molar-refractivity contribution in [2.24, 2.45) is 0 Å². The van der Waals surface area contributed by atoms with Crippen LogP contribution in [-0.2, 0) is 21.4 Å². The van der Waals surface area contributed by atoms with E-state index in [2.05, 4.69) is 0 Å². The molecule has 2 aromatic rings. The van der Waals surface area contributed by atoms with Crippen molar-refractivity contribution in [1.82, 2.24) is 4.31 Å². The van der Waals surface area contributed by atoms with Crippen molar-refractivity contribution in [3.05, 3.63) is 70.3 Å². The summed E-state index contributed by atoms with van der Waals surface area (Å²) in [6.07, 6.45) is -0.410. The lowest BCUT2D eigenvalue weighted by Gasteiger charge is -2.21. The van der Waals surface area contributed by atoms with Crippen LogP contribution in [0.15, 0.2) is 59.5 Å². The molecule has 0 amide bonds. The zero-order chi connectivity index (χ0) is 18.4. The predicted molar refractivity (Wildman–Crippen MR) is 89.4 cm³/mol. The summed E-state index contributed by atoms with van der Waals surface area (Å²) in [5.41, 5.74) is 0.103. The third-order valence-electron chi connectivity index (χ3n) is 3.46. The first kappa shape index (κ1) is 18.6. The first-order chi connectivity index (χ1) is 11.8. The topological polar surface area (TPSA) is 118 Å². The molecule has 0 aromatic heterocycles. The lowest BCUT2D eigenvalue weighted by molar-refractivity contribution is -0.387. The molecule has 132 valence electrons. The maximum Gasteiger partial charge on any atom is 0.304 e. The van der Waals surface area contributed by atoms with Crippen LogP contribution < -0.4 is 0 Å². The number of rotatable bonds is 8. The van der Waals surface area contributed by atoms with Gasteiger partial charge in [0.15, 0.2) is 4.90 Å². The zero-order valence-electron chi connectivity index (χ0n) is 13.1. The maximum atomic E-state index is 12.9. The van der Waals surface area contributed by atoms with E-state index in [1.165, 1.54) is 12.1 Å². The molecule has 2 rings (SSSR count). The molecule has 8 nitrogen and oxygen atoms in total. The van der Waals surface area contributed by atoms with E-state index in [0.717, 1.165) is 16.4 Å². The van der Waals surface area contributed by atoms with Gasteiger partial charge in [0.25, 0.3) is 5.69 Å². The van der Waals surface area contributed by atoms with Gasteiger partial charge in [-0.05, 0) is 11.6 Å². The van der Waals surface area contributed by atoms with E-state index in [1.54, 1.807) is 30.3 Å². The fraction of sp³-hybridized carbons (Fsp3) is 0.188. The second kappa shape index (κ2) is 7.86. The van der Waals surface area contributed by atoms with Gasteiger partial charge in [0, 0.05) is 19.2 Å². The average molecular weight is 364 g/mol. The van der Waals surface area contributed by atoms with Gasteiger partial charge in [-0.15, -0.1) is 0 Å². The fourth-order valence-corrected chi connectivity index (χ4v) is 3.84. The summed E-state index contributed by atoms with van der Waals surface area (Å²) in [7, 11) is -4.24. The third kappa shape index (κ3) is 4.61. The SMILES string of the molecule is O=C(O)CCN(Cc1ccccc1)S(=O)(=O)c1ccccc1[N+](=O)[O-]. The molecule has 0 bridgehead atoms. The number of nitrogens with zero attached hydrogens (tertiary/aromatic N) is 2. The summed E-state index contributed by atoms with van der Waals surface area (Å²) in [6.45, 7) is -0.374. The highest BCUT2D eigenvalue weighted by atomic mass is 32.2. The van der Waals surface area contributed by atoms with Gasteiger partial charge in [0.2, 0.25) is 10.0 Å². The van der Waals surface area contributed by atoms with Crippen molar-refractivity contribution in [2.75, 3.05) is 6.54 Å². The number of hydrogen-bond donors (Lipinski definition) is 1. The molecule has 1 N–H and O–H groups in total. The second-order valence-corrected chi connectivity index (χ2v) is 7.10. The smallest absolute Gasteiger partial charge is 0.304 e. The molecule has 0 heterocycles. The van der Waals surface area contributed by atoms with Gasteiger partial charge in [-0.3, -0.25) is 14.9 Å². The minimum absolute atomic E-state index is 0.0809. The molecule has 0 aliphatic heterocycles. The number of para-hydroxylation sites is 1. The van der Waals surface area contributed by atoms with E-state index in [4.69, 9.17) is 5.11 Å². The van der Waals surface area contributed by atoms with Crippen molar-refractivity contribution in [3.63, 3.8) is 0 Å². The minimum atomic E-state index is -4.24. The Bertz CT molecular complexity index is 867. The highest BCUT2D eigenvalue weighted by Gasteiger charge is 2.31. The molecule has 0 saturated heterocycles. The number of sulfonamides is 1. The molecule has 0 saturated carbocycles. The number of carboxylic acids is 1. The summed E-state index contributed by atoms with van der Waals surface area (Å²) in [5.74, 6) is -1.16. The van der Waals surface area contributed by atoms with Gasteiger partial charge in [0.05, 0.1) is 11.3 Å². The van der Waals surface area contributed by atoms with E-state index in [9.17, 15) is 23.3 Å². The van der Waals surface area contributed by atoms with Gasteiger partial charge in [-0.25, -0.2) is 8.42 Å². The van der Waals surface area contributed by atoms with Crippen molar-refractivity contribution in [1.29, 1.82) is 0 Å². The minimum Gasteiger partial charge on any atom is -0.481 e. The van der Waals surface area contributed by atoms with Crippen LogP contribution in [0.25, 0.3) is 0 Å². The van der Waals surface area contributed by atoms with E-state index in [0.29, 0.717) is 5.56 Å².